The summed E-state index contributed by atoms with van der Waals surface area (Å²) in [6.45, 7) is 4.59. The van der Waals surface area contributed by atoms with Crippen molar-refractivity contribution in [1.29, 1.82) is 0 Å². The molecule has 8 heteroatoms. The minimum absolute atomic E-state index is 0.175. The molecule has 1 spiro atoms. The monoisotopic (exact) mass is 396 g/mol. The Labute approximate surface area is 161 Å². The molecule has 7 nitrogen and oxygen atoms in total. The highest BCUT2D eigenvalue weighted by Crippen LogP contribution is 2.33. The van der Waals surface area contributed by atoms with E-state index >= 15 is 0 Å². The number of piperidine rings is 1. The number of benzene rings is 1. The van der Waals surface area contributed by atoms with Crippen molar-refractivity contribution in [3.8, 4) is 0 Å². The van der Waals surface area contributed by atoms with Gasteiger partial charge in [0.2, 0.25) is 10.0 Å². The van der Waals surface area contributed by atoms with E-state index < -0.39 is 15.8 Å². The van der Waals surface area contributed by atoms with Gasteiger partial charge in [-0.2, -0.15) is 4.31 Å². The van der Waals surface area contributed by atoms with Gasteiger partial charge in [0.25, 0.3) is 5.91 Å². The summed E-state index contributed by atoms with van der Waals surface area (Å²) in [7, 11) is -3.58. The molecule has 1 amide bonds. The zero-order valence-corrected chi connectivity index (χ0v) is 16.6. The van der Waals surface area contributed by atoms with Crippen LogP contribution >= 0.6 is 0 Å². The summed E-state index contributed by atoms with van der Waals surface area (Å²) in [6.07, 6.45) is 4.18. The molecule has 0 atom stereocenters. The van der Waals surface area contributed by atoms with Crippen LogP contribution in [0.15, 0.2) is 29.2 Å². The molecule has 0 unspecified atom stereocenters. The minimum atomic E-state index is -3.58. The second kappa shape index (κ2) is 8.68. The lowest BCUT2D eigenvalue weighted by atomic mass is 10.1. The first kappa shape index (κ1) is 20.3. The molecular weight excluding hydrogens is 368 g/mol. The predicted octanol–water partition coefficient (Wildman–Crippen LogP) is 2.13. The molecule has 3 rings (SSSR count). The lowest BCUT2D eigenvalue weighted by molar-refractivity contribution is -0.179. The first-order chi connectivity index (χ1) is 13.0. The van der Waals surface area contributed by atoms with Gasteiger partial charge in [0.05, 0.1) is 18.1 Å². The number of carbonyl (C=O) groups is 1. The summed E-state index contributed by atoms with van der Waals surface area (Å²) in [5.41, 5.74) is 0.468. The van der Waals surface area contributed by atoms with E-state index in [1.165, 1.54) is 16.4 Å². The Hall–Kier alpha value is -1.48. The van der Waals surface area contributed by atoms with Gasteiger partial charge in [-0.25, -0.2) is 8.42 Å². The van der Waals surface area contributed by atoms with Gasteiger partial charge in [-0.05, 0) is 30.7 Å². The summed E-state index contributed by atoms with van der Waals surface area (Å²) in [4.78, 5) is 12.3. The van der Waals surface area contributed by atoms with Gasteiger partial charge >= 0.3 is 0 Å². The Bertz CT molecular complexity index is 732. The van der Waals surface area contributed by atoms with E-state index in [0.29, 0.717) is 51.3 Å². The van der Waals surface area contributed by atoms with Crippen molar-refractivity contribution in [3.63, 3.8) is 0 Å². The summed E-state index contributed by atoms with van der Waals surface area (Å²) < 4.78 is 38.5. The average molecular weight is 397 g/mol. The molecule has 0 bridgehead atoms. The van der Waals surface area contributed by atoms with E-state index in [1.807, 2.05) is 0 Å². The smallest absolute Gasteiger partial charge is 0.251 e. The third kappa shape index (κ3) is 4.68. The predicted molar refractivity (Wildman–Crippen MR) is 101 cm³/mol. The number of hydrogen-bond acceptors (Lipinski definition) is 5. The van der Waals surface area contributed by atoms with Crippen LogP contribution < -0.4 is 5.32 Å². The molecule has 0 aliphatic carbocycles. The number of ether oxygens (including phenoxy) is 2. The van der Waals surface area contributed by atoms with Crippen LogP contribution in [0.5, 0.6) is 0 Å². The summed E-state index contributed by atoms with van der Waals surface area (Å²) >= 11 is 0. The van der Waals surface area contributed by atoms with Gasteiger partial charge in [0.15, 0.2) is 5.79 Å². The highest BCUT2D eigenvalue weighted by atomic mass is 32.2. The number of hydrogen-bond donors (Lipinski definition) is 1. The third-order valence-corrected chi connectivity index (χ3v) is 7.03. The fourth-order valence-corrected chi connectivity index (χ4v) is 4.90. The molecule has 150 valence electrons. The molecule has 2 aliphatic rings. The standard InChI is InChI=1S/C19H28N2O5S/c1-2-3-4-11-20-18(22)16-5-7-17(8-6-16)27(23,24)21-12-9-19(10-13-21)25-14-15-26-19/h5-8H,2-4,9-15H2,1H3,(H,20,22). The number of sulfonamides is 1. The van der Waals surface area contributed by atoms with E-state index in [1.54, 1.807) is 12.1 Å². The molecule has 2 heterocycles. The van der Waals surface area contributed by atoms with Crippen molar-refractivity contribution in [2.45, 2.75) is 49.7 Å². The molecule has 2 aliphatic heterocycles. The average Bonchev–Trinajstić information content (AvgIpc) is 3.13. The maximum absolute atomic E-state index is 12.9. The van der Waals surface area contributed by atoms with E-state index in [0.717, 1.165) is 19.3 Å². The van der Waals surface area contributed by atoms with Crippen molar-refractivity contribution in [2.75, 3.05) is 32.8 Å². The first-order valence-electron chi connectivity index (χ1n) is 9.63. The molecule has 27 heavy (non-hydrogen) atoms. The lowest BCUT2D eigenvalue weighted by Gasteiger charge is -2.36. The SMILES string of the molecule is CCCCCNC(=O)c1ccc(S(=O)(=O)N2CCC3(CC2)OCCO3)cc1. The van der Waals surface area contributed by atoms with Crippen molar-refractivity contribution >= 4 is 15.9 Å². The fraction of sp³-hybridized carbons (Fsp3) is 0.632. The quantitative estimate of drug-likeness (QED) is 0.714. The Morgan fingerprint density at radius 3 is 2.33 bits per heavy atom. The van der Waals surface area contributed by atoms with Crippen LogP contribution in [0.3, 0.4) is 0 Å². The summed E-state index contributed by atoms with van der Waals surface area (Å²) in [5.74, 6) is -0.781. The summed E-state index contributed by atoms with van der Waals surface area (Å²) in [6, 6.07) is 6.14. The molecule has 1 N–H and O–H groups in total. The lowest BCUT2D eigenvalue weighted by Crippen LogP contribution is -2.47. The highest BCUT2D eigenvalue weighted by Gasteiger charge is 2.42. The Morgan fingerprint density at radius 2 is 1.74 bits per heavy atom. The fourth-order valence-electron chi connectivity index (χ4n) is 3.46. The maximum Gasteiger partial charge on any atom is 0.251 e. The van der Waals surface area contributed by atoms with Crippen LogP contribution in [0.1, 0.15) is 49.4 Å². The number of nitrogens with one attached hydrogen (secondary N) is 1. The van der Waals surface area contributed by atoms with Crippen LogP contribution in [0.2, 0.25) is 0 Å². The Balaban J connectivity index is 1.59. The second-order valence-corrected chi connectivity index (χ2v) is 8.94. The molecule has 0 aromatic heterocycles. The molecule has 0 saturated carbocycles. The molecule has 1 aromatic carbocycles. The van der Waals surface area contributed by atoms with Gasteiger partial charge in [-0.15, -0.1) is 0 Å². The van der Waals surface area contributed by atoms with Gasteiger partial charge in [-0.3, -0.25) is 4.79 Å². The van der Waals surface area contributed by atoms with Gasteiger partial charge in [0, 0.05) is 38.0 Å². The molecule has 2 fully saturated rings. The van der Waals surface area contributed by atoms with Gasteiger partial charge in [0.1, 0.15) is 0 Å². The summed E-state index contributed by atoms with van der Waals surface area (Å²) in [5, 5.41) is 2.86. The minimum Gasteiger partial charge on any atom is -0.352 e. The van der Waals surface area contributed by atoms with E-state index in [-0.39, 0.29) is 10.8 Å². The number of nitrogens with zero attached hydrogens (tertiary/aromatic N) is 1. The molecule has 2 saturated heterocycles. The van der Waals surface area contributed by atoms with Gasteiger partial charge in [-0.1, -0.05) is 19.8 Å². The van der Waals surface area contributed by atoms with Crippen molar-refractivity contribution in [1.82, 2.24) is 9.62 Å². The first-order valence-corrected chi connectivity index (χ1v) is 11.1. The Morgan fingerprint density at radius 1 is 1.11 bits per heavy atom. The normalized spacial score (nSPS) is 20.0. The number of rotatable bonds is 7. The molecule has 0 radical (unpaired) electrons. The molecule has 1 aromatic rings. The van der Waals surface area contributed by atoms with Gasteiger partial charge < -0.3 is 14.8 Å². The number of unbranched alkanes of at least 4 members (excludes halogenated alkanes) is 2. The zero-order valence-electron chi connectivity index (χ0n) is 15.8. The van der Waals surface area contributed by atoms with Crippen LogP contribution in [0.25, 0.3) is 0 Å². The number of amides is 1. The van der Waals surface area contributed by atoms with Crippen LogP contribution in [-0.2, 0) is 19.5 Å². The van der Waals surface area contributed by atoms with Crippen LogP contribution in [0, 0.1) is 0 Å². The second-order valence-electron chi connectivity index (χ2n) is 7.00. The van der Waals surface area contributed by atoms with E-state index in [9.17, 15) is 13.2 Å². The third-order valence-electron chi connectivity index (χ3n) is 5.12. The van der Waals surface area contributed by atoms with Crippen LogP contribution in [0.4, 0.5) is 0 Å². The molecular formula is C19H28N2O5S. The van der Waals surface area contributed by atoms with E-state index in [4.69, 9.17) is 9.47 Å². The van der Waals surface area contributed by atoms with Crippen LogP contribution in [-0.4, -0.2) is 57.3 Å². The topological polar surface area (TPSA) is 84.9 Å². The largest absolute Gasteiger partial charge is 0.352 e. The zero-order chi connectivity index (χ0) is 19.3. The Kier molecular flexibility index (Phi) is 6.52. The van der Waals surface area contributed by atoms with Crippen molar-refractivity contribution in [2.24, 2.45) is 0 Å². The number of carbonyl (C=O) groups excluding carboxylic acids is 1. The van der Waals surface area contributed by atoms with E-state index in [2.05, 4.69) is 12.2 Å². The van der Waals surface area contributed by atoms with Crippen molar-refractivity contribution < 1.29 is 22.7 Å². The maximum atomic E-state index is 12.9. The highest BCUT2D eigenvalue weighted by molar-refractivity contribution is 7.89. The van der Waals surface area contributed by atoms with Crippen molar-refractivity contribution in [3.05, 3.63) is 29.8 Å².